The van der Waals surface area contributed by atoms with E-state index in [0.717, 1.165) is 22.7 Å². The fourth-order valence-electron chi connectivity index (χ4n) is 2.35. The third kappa shape index (κ3) is 5.53. The van der Waals surface area contributed by atoms with Crippen LogP contribution >= 0.6 is 0 Å². The first-order valence-electron chi connectivity index (χ1n) is 8.19. The van der Waals surface area contributed by atoms with Crippen molar-refractivity contribution in [2.45, 2.75) is 6.54 Å². The van der Waals surface area contributed by atoms with Gasteiger partial charge in [0.15, 0.2) is 0 Å². The van der Waals surface area contributed by atoms with Gasteiger partial charge in [0.2, 0.25) is 0 Å². The van der Waals surface area contributed by atoms with Crippen LogP contribution in [0.3, 0.4) is 0 Å². The fraction of sp³-hybridized carbons (Fsp3) is 0.143. The zero-order valence-corrected chi connectivity index (χ0v) is 13.8. The van der Waals surface area contributed by atoms with Crippen molar-refractivity contribution in [1.29, 1.82) is 0 Å². The van der Waals surface area contributed by atoms with Crippen molar-refractivity contribution < 1.29 is 13.9 Å². The Bertz CT molecular complexity index is 775. The molecule has 0 aromatic heterocycles. The van der Waals surface area contributed by atoms with Crippen molar-refractivity contribution in [3.63, 3.8) is 0 Å². The van der Waals surface area contributed by atoms with Crippen LogP contribution in [-0.4, -0.2) is 13.2 Å². The van der Waals surface area contributed by atoms with E-state index >= 15 is 0 Å². The number of anilines is 1. The normalized spacial score (nSPS) is 10.3. The van der Waals surface area contributed by atoms with Crippen LogP contribution in [0.2, 0.25) is 0 Å². The summed E-state index contributed by atoms with van der Waals surface area (Å²) >= 11 is 0. The number of halogens is 1. The number of ether oxygens (including phenoxy) is 2. The summed E-state index contributed by atoms with van der Waals surface area (Å²) in [5.41, 5.74) is 1.97. The quantitative estimate of drug-likeness (QED) is 0.593. The summed E-state index contributed by atoms with van der Waals surface area (Å²) in [6.07, 6.45) is 0. The Kier molecular flexibility index (Phi) is 5.88. The Morgan fingerprint density at radius 3 is 2.16 bits per heavy atom. The summed E-state index contributed by atoms with van der Waals surface area (Å²) in [7, 11) is 0. The summed E-state index contributed by atoms with van der Waals surface area (Å²) in [4.78, 5) is 0. The van der Waals surface area contributed by atoms with Gasteiger partial charge < -0.3 is 14.8 Å². The van der Waals surface area contributed by atoms with Crippen molar-refractivity contribution in [2.75, 3.05) is 18.5 Å². The van der Waals surface area contributed by atoms with Crippen molar-refractivity contribution in [3.05, 3.63) is 90.2 Å². The molecule has 3 aromatic carbocycles. The molecule has 0 fully saturated rings. The molecule has 0 saturated heterocycles. The molecule has 0 aliphatic heterocycles. The van der Waals surface area contributed by atoms with Crippen LogP contribution in [0.4, 0.5) is 10.1 Å². The Morgan fingerprint density at radius 1 is 0.720 bits per heavy atom. The maximum Gasteiger partial charge on any atom is 0.123 e. The summed E-state index contributed by atoms with van der Waals surface area (Å²) < 4.78 is 24.2. The van der Waals surface area contributed by atoms with Gasteiger partial charge >= 0.3 is 0 Å². The summed E-state index contributed by atoms with van der Waals surface area (Å²) in [5, 5.41) is 3.26. The van der Waals surface area contributed by atoms with Crippen LogP contribution in [0.25, 0.3) is 0 Å². The highest BCUT2D eigenvalue weighted by Gasteiger charge is 1.99. The lowest BCUT2D eigenvalue weighted by molar-refractivity contribution is 0.217. The van der Waals surface area contributed by atoms with E-state index in [1.165, 1.54) is 12.1 Å². The van der Waals surface area contributed by atoms with E-state index in [1.54, 1.807) is 12.1 Å². The van der Waals surface area contributed by atoms with Gasteiger partial charge in [-0.05, 0) is 54.1 Å². The SMILES string of the molecule is Fc1ccc(NCc2cccc(OCCOc3ccccc3)c2)cc1. The fourth-order valence-corrected chi connectivity index (χ4v) is 2.35. The molecule has 0 aliphatic carbocycles. The molecule has 3 nitrogen and oxygen atoms in total. The molecule has 0 radical (unpaired) electrons. The minimum Gasteiger partial charge on any atom is -0.490 e. The molecular formula is C21H20FNO2. The third-order valence-electron chi connectivity index (χ3n) is 3.60. The lowest BCUT2D eigenvalue weighted by atomic mass is 10.2. The molecule has 0 atom stereocenters. The number of rotatable bonds is 8. The van der Waals surface area contributed by atoms with Gasteiger partial charge in [-0.1, -0.05) is 30.3 Å². The molecule has 3 aromatic rings. The van der Waals surface area contributed by atoms with E-state index < -0.39 is 0 Å². The van der Waals surface area contributed by atoms with E-state index in [9.17, 15) is 4.39 Å². The first-order chi connectivity index (χ1) is 12.3. The monoisotopic (exact) mass is 337 g/mol. The smallest absolute Gasteiger partial charge is 0.123 e. The molecule has 3 rings (SSSR count). The Balaban J connectivity index is 1.45. The lowest BCUT2D eigenvalue weighted by Gasteiger charge is -2.10. The first kappa shape index (κ1) is 16.8. The van der Waals surface area contributed by atoms with Crippen LogP contribution in [0, 0.1) is 5.82 Å². The van der Waals surface area contributed by atoms with E-state index in [1.807, 2.05) is 54.6 Å². The minimum atomic E-state index is -0.237. The molecule has 25 heavy (non-hydrogen) atoms. The molecule has 128 valence electrons. The average Bonchev–Trinajstić information content (AvgIpc) is 2.66. The van der Waals surface area contributed by atoms with Gasteiger partial charge in [0.1, 0.15) is 30.5 Å². The van der Waals surface area contributed by atoms with Crippen molar-refractivity contribution in [3.8, 4) is 11.5 Å². The summed E-state index contributed by atoms with van der Waals surface area (Å²) in [5.74, 6) is 1.40. The van der Waals surface area contributed by atoms with Crippen LogP contribution in [0.1, 0.15) is 5.56 Å². The molecule has 0 saturated carbocycles. The lowest BCUT2D eigenvalue weighted by Crippen LogP contribution is -2.09. The van der Waals surface area contributed by atoms with Gasteiger partial charge in [-0.25, -0.2) is 4.39 Å². The standard InChI is InChI=1S/C21H20FNO2/c22-18-9-11-19(12-10-18)23-16-17-5-4-8-21(15-17)25-14-13-24-20-6-2-1-3-7-20/h1-12,15,23H,13-14,16H2. The topological polar surface area (TPSA) is 30.5 Å². The van der Waals surface area contributed by atoms with Gasteiger partial charge in [0.05, 0.1) is 0 Å². The molecule has 1 N–H and O–H groups in total. The highest BCUT2D eigenvalue weighted by Crippen LogP contribution is 2.16. The minimum absolute atomic E-state index is 0.237. The number of benzene rings is 3. The maximum absolute atomic E-state index is 12.9. The number of para-hydroxylation sites is 1. The first-order valence-corrected chi connectivity index (χ1v) is 8.19. The van der Waals surface area contributed by atoms with Crippen LogP contribution in [0.15, 0.2) is 78.9 Å². The maximum atomic E-state index is 12.9. The van der Waals surface area contributed by atoms with E-state index in [0.29, 0.717) is 19.8 Å². The number of hydrogen-bond donors (Lipinski definition) is 1. The second-order valence-corrected chi connectivity index (χ2v) is 5.52. The molecule has 0 unspecified atom stereocenters. The van der Waals surface area contributed by atoms with E-state index in [-0.39, 0.29) is 5.82 Å². The molecule has 0 spiro atoms. The summed E-state index contributed by atoms with van der Waals surface area (Å²) in [6, 6.07) is 23.9. The third-order valence-corrected chi connectivity index (χ3v) is 3.60. The summed E-state index contributed by atoms with van der Waals surface area (Å²) in [6.45, 7) is 1.61. The van der Waals surface area contributed by atoms with Gasteiger partial charge in [-0.2, -0.15) is 0 Å². The second-order valence-electron chi connectivity index (χ2n) is 5.52. The molecular weight excluding hydrogens is 317 g/mol. The average molecular weight is 337 g/mol. The van der Waals surface area contributed by atoms with Gasteiger partial charge in [0, 0.05) is 12.2 Å². The molecule has 0 heterocycles. The predicted octanol–water partition coefficient (Wildman–Crippen LogP) is 4.90. The molecule has 0 aliphatic rings. The molecule has 0 bridgehead atoms. The van der Waals surface area contributed by atoms with Gasteiger partial charge in [-0.15, -0.1) is 0 Å². The van der Waals surface area contributed by atoms with Crippen molar-refractivity contribution in [1.82, 2.24) is 0 Å². The highest BCUT2D eigenvalue weighted by molar-refractivity contribution is 5.44. The zero-order chi connectivity index (χ0) is 17.3. The van der Waals surface area contributed by atoms with Crippen LogP contribution in [-0.2, 0) is 6.54 Å². The zero-order valence-electron chi connectivity index (χ0n) is 13.8. The van der Waals surface area contributed by atoms with Gasteiger partial charge in [-0.3, -0.25) is 0 Å². The largest absolute Gasteiger partial charge is 0.490 e. The van der Waals surface area contributed by atoms with Crippen LogP contribution < -0.4 is 14.8 Å². The van der Waals surface area contributed by atoms with Crippen LogP contribution in [0.5, 0.6) is 11.5 Å². The molecule has 0 amide bonds. The Morgan fingerprint density at radius 2 is 1.40 bits per heavy atom. The Labute approximate surface area is 147 Å². The van der Waals surface area contributed by atoms with Crippen molar-refractivity contribution in [2.24, 2.45) is 0 Å². The second kappa shape index (κ2) is 8.73. The molecule has 4 heteroatoms. The predicted molar refractivity (Wildman–Crippen MR) is 97.6 cm³/mol. The highest BCUT2D eigenvalue weighted by atomic mass is 19.1. The Hall–Kier alpha value is -3.01. The number of nitrogens with one attached hydrogen (secondary N) is 1. The van der Waals surface area contributed by atoms with E-state index in [2.05, 4.69) is 5.32 Å². The number of hydrogen-bond acceptors (Lipinski definition) is 3. The van der Waals surface area contributed by atoms with Gasteiger partial charge in [0.25, 0.3) is 0 Å². The van der Waals surface area contributed by atoms with E-state index in [4.69, 9.17) is 9.47 Å². The van der Waals surface area contributed by atoms with Crippen molar-refractivity contribution >= 4 is 5.69 Å².